The van der Waals surface area contributed by atoms with Crippen LogP contribution in [-0.4, -0.2) is 41.5 Å². The molecule has 4 rings (SSSR count). The third kappa shape index (κ3) is 2.95. The summed E-state index contributed by atoms with van der Waals surface area (Å²) in [6.07, 6.45) is 0. The SMILES string of the molecule is CC(C)c1nc(SCC2CSc3nnc(-c4ccccc4)n32)n[nH]1. The summed E-state index contributed by atoms with van der Waals surface area (Å²) in [5, 5.41) is 17.8. The number of benzene rings is 1. The Morgan fingerprint density at radius 1 is 1.29 bits per heavy atom. The van der Waals surface area contributed by atoms with E-state index in [-0.39, 0.29) is 0 Å². The number of thioether (sulfide) groups is 2. The predicted molar refractivity (Wildman–Crippen MR) is 96.4 cm³/mol. The molecule has 6 nitrogen and oxygen atoms in total. The quantitative estimate of drug-likeness (QED) is 0.702. The number of rotatable bonds is 5. The van der Waals surface area contributed by atoms with Crippen LogP contribution in [0.4, 0.5) is 0 Å². The van der Waals surface area contributed by atoms with Gasteiger partial charge < -0.3 is 0 Å². The molecule has 3 heterocycles. The molecule has 0 amide bonds. The Hall–Kier alpha value is -1.80. The van der Waals surface area contributed by atoms with Crippen molar-refractivity contribution in [2.75, 3.05) is 11.5 Å². The molecule has 1 aromatic carbocycles. The van der Waals surface area contributed by atoms with E-state index in [4.69, 9.17) is 0 Å². The van der Waals surface area contributed by atoms with Crippen molar-refractivity contribution in [3.63, 3.8) is 0 Å². The number of nitrogens with one attached hydrogen (secondary N) is 1. The minimum Gasteiger partial charge on any atom is -0.297 e. The minimum atomic E-state index is 0.348. The number of H-pyrrole nitrogens is 1. The zero-order chi connectivity index (χ0) is 16.5. The molecule has 1 unspecified atom stereocenters. The van der Waals surface area contributed by atoms with E-state index in [2.05, 4.69) is 55.9 Å². The number of nitrogens with zero attached hydrogens (tertiary/aromatic N) is 5. The summed E-state index contributed by atoms with van der Waals surface area (Å²) >= 11 is 3.45. The lowest BCUT2D eigenvalue weighted by molar-refractivity contribution is 0.596. The highest BCUT2D eigenvalue weighted by Gasteiger charge is 2.28. The van der Waals surface area contributed by atoms with Gasteiger partial charge in [-0.2, -0.15) is 0 Å². The molecule has 0 spiro atoms. The molecule has 1 aliphatic heterocycles. The van der Waals surface area contributed by atoms with E-state index in [0.717, 1.165) is 39.0 Å². The van der Waals surface area contributed by atoms with Crippen LogP contribution < -0.4 is 0 Å². The molecule has 8 heteroatoms. The van der Waals surface area contributed by atoms with Gasteiger partial charge in [-0.1, -0.05) is 67.7 Å². The second kappa shape index (κ2) is 6.60. The lowest BCUT2D eigenvalue weighted by atomic mass is 10.2. The Kier molecular flexibility index (Phi) is 4.32. The fourth-order valence-electron chi connectivity index (χ4n) is 2.61. The highest BCUT2D eigenvalue weighted by atomic mass is 32.2. The lowest BCUT2D eigenvalue weighted by Crippen LogP contribution is -2.11. The second-order valence-electron chi connectivity index (χ2n) is 5.98. The van der Waals surface area contributed by atoms with E-state index < -0.39 is 0 Å². The Bertz CT molecular complexity index is 826. The molecular weight excluding hydrogens is 340 g/mol. The first kappa shape index (κ1) is 15.7. The van der Waals surface area contributed by atoms with Crippen molar-refractivity contribution >= 4 is 23.5 Å². The standard InChI is InChI=1S/C16H18N6S2/c1-10(2)13-17-15(20-18-13)23-8-12-9-24-16-21-19-14(22(12)16)11-6-4-3-5-7-11/h3-7,10,12H,8-9H2,1-2H3,(H,17,18,20). The van der Waals surface area contributed by atoms with Gasteiger partial charge in [0.05, 0.1) is 6.04 Å². The Balaban J connectivity index is 1.52. The van der Waals surface area contributed by atoms with Crippen molar-refractivity contribution in [1.29, 1.82) is 0 Å². The van der Waals surface area contributed by atoms with Crippen LogP contribution in [0.3, 0.4) is 0 Å². The van der Waals surface area contributed by atoms with Gasteiger partial charge in [-0.05, 0) is 0 Å². The summed E-state index contributed by atoms with van der Waals surface area (Å²) in [7, 11) is 0. The number of aromatic nitrogens is 6. The van der Waals surface area contributed by atoms with Crippen LogP contribution in [0.2, 0.25) is 0 Å². The summed E-state index contributed by atoms with van der Waals surface area (Å²) in [6, 6.07) is 10.6. The predicted octanol–water partition coefficient (Wildman–Crippen LogP) is 3.63. The van der Waals surface area contributed by atoms with E-state index in [1.54, 1.807) is 23.5 Å². The van der Waals surface area contributed by atoms with Crippen LogP contribution in [0.25, 0.3) is 11.4 Å². The van der Waals surface area contributed by atoms with Crippen molar-refractivity contribution < 1.29 is 0 Å². The van der Waals surface area contributed by atoms with Crippen molar-refractivity contribution in [3.05, 3.63) is 36.2 Å². The molecular formula is C16H18N6S2. The monoisotopic (exact) mass is 358 g/mol. The zero-order valence-corrected chi connectivity index (χ0v) is 15.1. The van der Waals surface area contributed by atoms with Gasteiger partial charge in [0.15, 0.2) is 11.0 Å². The first-order valence-corrected chi connectivity index (χ1v) is 9.87. The smallest absolute Gasteiger partial charge is 0.208 e. The van der Waals surface area contributed by atoms with E-state index in [1.165, 1.54) is 0 Å². The average Bonchev–Trinajstić information content (AvgIpc) is 3.30. The number of hydrogen-bond acceptors (Lipinski definition) is 6. The van der Waals surface area contributed by atoms with E-state index in [9.17, 15) is 0 Å². The van der Waals surface area contributed by atoms with Crippen molar-refractivity contribution in [3.8, 4) is 11.4 Å². The molecule has 0 fully saturated rings. The van der Waals surface area contributed by atoms with Gasteiger partial charge in [0.25, 0.3) is 0 Å². The Labute approximate surface area is 148 Å². The highest BCUT2D eigenvalue weighted by Crippen LogP contribution is 2.38. The molecule has 24 heavy (non-hydrogen) atoms. The maximum Gasteiger partial charge on any atom is 0.208 e. The molecule has 1 atom stereocenters. The molecule has 0 saturated heterocycles. The number of aromatic amines is 1. The van der Waals surface area contributed by atoms with Crippen LogP contribution in [0, 0.1) is 0 Å². The topological polar surface area (TPSA) is 72.3 Å². The number of fused-ring (bicyclic) bond motifs is 1. The van der Waals surface area contributed by atoms with Crippen LogP contribution in [0.5, 0.6) is 0 Å². The molecule has 0 saturated carbocycles. The van der Waals surface area contributed by atoms with Gasteiger partial charge in [-0.3, -0.25) is 9.67 Å². The van der Waals surface area contributed by atoms with Crippen LogP contribution in [0.15, 0.2) is 40.6 Å². The van der Waals surface area contributed by atoms with Gasteiger partial charge >= 0.3 is 0 Å². The second-order valence-corrected chi connectivity index (χ2v) is 7.95. The molecule has 0 aliphatic carbocycles. The third-order valence-electron chi connectivity index (χ3n) is 3.90. The molecule has 124 valence electrons. The summed E-state index contributed by atoms with van der Waals surface area (Å²) in [6.45, 7) is 4.22. The fraction of sp³-hybridized carbons (Fsp3) is 0.375. The van der Waals surface area contributed by atoms with Gasteiger partial charge in [-0.25, -0.2) is 4.98 Å². The van der Waals surface area contributed by atoms with Crippen LogP contribution >= 0.6 is 23.5 Å². The minimum absolute atomic E-state index is 0.348. The summed E-state index contributed by atoms with van der Waals surface area (Å²) in [5.74, 6) is 4.17. The molecule has 0 radical (unpaired) electrons. The molecule has 0 bridgehead atoms. The van der Waals surface area contributed by atoms with Crippen LogP contribution in [-0.2, 0) is 0 Å². The van der Waals surface area contributed by atoms with Gasteiger partial charge in [0.1, 0.15) is 5.82 Å². The molecule has 1 N–H and O–H groups in total. The van der Waals surface area contributed by atoms with Crippen LogP contribution in [0.1, 0.15) is 31.6 Å². The van der Waals surface area contributed by atoms with Gasteiger partial charge in [-0.15, -0.1) is 15.3 Å². The zero-order valence-electron chi connectivity index (χ0n) is 13.5. The fourth-order valence-corrected chi connectivity index (χ4v) is 4.72. The van der Waals surface area contributed by atoms with E-state index >= 15 is 0 Å². The average molecular weight is 358 g/mol. The first-order chi connectivity index (χ1) is 11.7. The molecule has 3 aromatic rings. The first-order valence-electron chi connectivity index (χ1n) is 7.90. The third-order valence-corrected chi connectivity index (χ3v) is 5.98. The molecule has 2 aromatic heterocycles. The summed E-state index contributed by atoms with van der Waals surface area (Å²) < 4.78 is 2.25. The Morgan fingerprint density at radius 3 is 2.88 bits per heavy atom. The number of hydrogen-bond donors (Lipinski definition) is 1. The molecule has 1 aliphatic rings. The summed E-state index contributed by atoms with van der Waals surface area (Å²) in [4.78, 5) is 4.54. The Morgan fingerprint density at radius 2 is 2.12 bits per heavy atom. The maximum atomic E-state index is 4.54. The van der Waals surface area contributed by atoms with Crippen molar-refractivity contribution in [2.45, 2.75) is 36.1 Å². The van der Waals surface area contributed by atoms with E-state index in [1.807, 2.05) is 18.2 Å². The van der Waals surface area contributed by atoms with Crippen molar-refractivity contribution in [1.82, 2.24) is 29.9 Å². The van der Waals surface area contributed by atoms with E-state index in [0.29, 0.717) is 12.0 Å². The highest BCUT2D eigenvalue weighted by molar-refractivity contribution is 8.00. The normalized spacial score (nSPS) is 16.7. The van der Waals surface area contributed by atoms with Gasteiger partial charge in [0.2, 0.25) is 5.16 Å². The largest absolute Gasteiger partial charge is 0.297 e. The van der Waals surface area contributed by atoms with Crippen molar-refractivity contribution in [2.24, 2.45) is 0 Å². The lowest BCUT2D eigenvalue weighted by Gasteiger charge is -2.13. The maximum absolute atomic E-state index is 4.54. The summed E-state index contributed by atoms with van der Waals surface area (Å²) in [5.41, 5.74) is 1.11. The van der Waals surface area contributed by atoms with Gasteiger partial charge in [0, 0.05) is 23.0 Å².